The topological polar surface area (TPSA) is 58.6 Å². The summed E-state index contributed by atoms with van der Waals surface area (Å²) in [6, 6.07) is 11.4. The summed E-state index contributed by atoms with van der Waals surface area (Å²) in [4.78, 5) is 0. The van der Waals surface area contributed by atoms with E-state index >= 15 is 0 Å². The third-order valence-corrected chi connectivity index (χ3v) is 4.69. The lowest BCUT2D eigenvalue weighted by atomic mass is 10.3. The fraction of sp³-hybridized carbons (Fsp3) is 0.143. The van der Waals surface area contributed by atoms with E-state index < -0.39 is 10.2 Å². The molecule has 2 aromatic carbocycles. The quantitative estimate of drug-likeness (QED) is 0.876. The number of nitrogens with zero attached hydrogens (tertiary/aromatic N) is 1. The van der Waals surface area contributed by atoms with Crippen molar-refractivity contribution in [2.75, 3.05) is 18.8 Å². The van der Waals surface area contributed by atoms with E-state index in [1.54, 1.807) is 42.5 Å². The summed E-state index contributed by atoms with van der Waals surface area (Å²) in [7, 11) is -0.634. The van der Waals surface area contributed by atoms with Crippen LogP contribution in [0.5, 0.6) is 11.5 Å². The first kappa shape index (κ1) is 16.9. The van der Waals surface area contributed by atoms with Gasteiger partial charge in [0.25, 0.3) is 0 Å². The smallest absolute Gasteiger partial charge is 0.301 e. The monoisotopic (exact) mass is 360 g/mol. The fourth-order valence-corrected chi connectivity index (χ4v) is 2.58. The number of nitrogens with one attached hydrogen (secondary N) is 1. The summed E-state index contributed by atoms with van der Waals surface area (Å²) in [6.45, 7) is 0. The van der Waals surface area contributed by atoms with Crippen molar-refractivity contribution in [3.8, 4) is 11.5 Å². The highest BCUT2D eigenvalue weighted by Gasteiger charge is 2.12. The van der Waals surface area contributed by atoms with Crippen LogP contribution in [0.2, 0.25) is 10.0 Å². The van der Waals surface area contributed by atoms with Crippen molar-refractivity contribution < 1.29 is 13.2 Å². The molecule has 0 aliphatic rings. The highest BCUT2D eigenvalue weighted by Crippen LogP contribution is 2.32. The van der Waals surface area contributed by atoms with E-state index in [9.17, 15) is 8.42 Å². The molecule has 2 rings (SSSR count). The Labute approximate surface area is 139 Å². The summed E-state index contributed by atoms with van der Waals surface area (Å²) in [5.41, 5.74) is 0.434. The maximum Gasteiger partial charge on any atom is 0.301 e. The molecule has 1 N–H and O–H groups in total. The molecule has 0 unspecified atom stereocenters. The van der Waals surface area contributed by atoms with Gasteiger partial charge in [0.15, 0.2) is 0 Å². The van der Waals surface area contributed by atoms with Gasteiger partial charge in [-0.3, -0.25) is 4.72 Å². The lowest BCUT2D eigenvalue weighted by molar-refractivity contribution is 0.483. The Kier molecular flexibility index (Phi) is 5.18. The van der Waals surface area contributed by atoms with E-state index in [0.29, 0.717) is 27.2 Å². The van der Waals surface area contributed by atoms with Crippen molar-refractivity contribution in [1.29, 1.82) is 0 Å². The number of anilines is 1. The molecule has 22 heavy (non-hydrogen) atoms. The van der Waals surface area contributed by atoms with Crippen LogP contribution >= 0.6 is 23.2 Å². The maximum atomic E-state index is 11.7. The van der Waals surface area contributed by atoms with Crippen LogP contribution in [0.25, 0.3) is 0 Å². The minimum atomic E-state index is -3.53. The predicted molar refractivity (Wildman–Crippen MR) is 89.2 cm³/mol. The van der Waals surface area contributed by atoms with E-state index in [2.05, 4.69) is 4.72 Å². The summed E-state index contributed by atoms with van der Waals surface area (Å²) in [6.07, 6.45) is 0. The molecular weight excluding hydrogens is 347 g/mol. The van der Waals surface area contributed by atoms with Gasteiger partial charge in [-0.05, 0) is 42.5 Å². The maximum absolute atomic E-state index is 11.7. The Morgan fingerprint density at radius 3 is 2.23 bits per heavy atom. The zero-order valence-electron chi connectivity index (χ0n) is 11.9. The lowest BCUT2D eigenvalue weighted by Crippen LogP contribution is -2.28. The van der Waals surface area contributed by atoms with E-state index in [1.807, 2.05) is 0 Å². The number of benzene rings is 2. The van der Waals surface area contributed by atoms with Gasteiger partial charge in [-0.25, -0.2) is 0 Å². The van der Waals surface area contributed by atoms with E-state index in [-0.39, 0.29) is 0 Å². The molecule has 0 atom stereocenters. The van der Waals surface area contributed by atoms with E-state index in [1.165, 1.54) is 14.1 Å². The van der Waals surface area contributed by atoms with Crippen LogP contribution in [0, 0.1) is 0 Å². The number of hydrogen-bond acceptors (Lipinski definition) is 3. The van der Waals surface area contributed by atoms with Gasteiger partial charge in [-0.15, -0.1) is 0 Å². The molecule has 0 saturated carbocycles. The Balaban J connectivity index is 2.12. The van der Waals surface area contributed by atoms with Crippen LogP contribution in [0.1, 0.15) is 0 Å². The van der Waals surface area contributed by atoms with Crippen molar-refractivity contribution in [3.63, 3.8) is 0 Å². The molecule has 118 valence electrons. The number of hydrogen-bond donors (Lipinski definition) is 1. The summed E-state index contributed by atoms with van der Waals surface area (Å²) in [5, 5.41) is 0.913. The fourth-order valence-electron chi connectivity index (χ4n) is 1.52. The van der Waals surface area contributed by atoms with Crippen molar-refractivity contribution in [2.45, 2.75) is 0 Å². The molecule has 2 aromatic rings. The Morgan fingerprint density at radius 1 is 1.05 bits per heavy atom. The van der Waals surface area contributed by atoms with Gasteiger partial charge < -0.3 is 4.74 Å². The Hall–Kier alpha value is -1.47. The average molecular weight is 361 g/mol. The second-order valence-electron chi connectivity index (χ2n) is 4.59. The third-order valence-electron chi connectivity index (χ3n) is 2.70. The second kappa shape index (κ2) is 6.75. The van der Waals surface area contributed by atoms with Crippen molar-refractivity contribution in [3.05, 3.63) is 52.5 Å². The molecule has 0 spiro atoms. The van der Waals surface area contributed by atoms with Gasteiger partial charge in [0, 0.05) is 19.1 Å². The minimum Gasteiger partial charge on any atom is -0.456 e. The zero-order chi connectivity index (χ0) is 16.3. The van der Waals surface area contributed by atoms with Crippen molar-refractivity contribution in [2.24, 2.45) is 0 Å². The second-order valence-corrected chi connectivity index (χ2v) is 7.32. The number of halogens is 2. The van der Waals surface area contributed by atoms with Gasteiger partial charge in [0.2, 0.25) is 0 Å². The van der Waals surface area contributed by atoms with Gasteiger partial charge in [-0.2, -0.15) is 12.7 Å². The first-order chi connectivity index (χ1) is 10.3. The van der Waals surface area contributed by atoms with Crippen LogP contribution in [0.15, 0.2) is 42.5 Å². The van der Waals surface area contributed by atoms with Gasteiger partial charge in [0.05, 0.1) is 10.7 Å². The summed E-state index contributed by atoms with van der Waals surface area (Å²) < 4.78 is 32.5. The molecular formula is C14H14Cl2N2O3S. The van der Waals surface area contributed by atoms with Crippen LogP contribution in [-0.2, 0) is 10.2 Å². The normalized spacial score (nSPS) is 11.5. The first-order valence-electron chi connectivity index (χ1n) is 6.21. The van der Waals surface area contributed by atoms with Crippen LogP contribution in [0.3, 0.4) is 0 Å². The molecule has 0 aliphatic heterocycles. The minimum absolute atomic E-state index is 0.393. The highest BCUT2D eigenvalue weighted by molar-refractivity contribution is 7.90. The molecule has 0 aliphatic carbocycles. The average Bonchev–Trinajstić information content (AvgIpc) is 2.43. The lowest BCUT2D eigenvalue weighted by Gasteiger charge is -2.14. The van der Waals surface area contributed by atoms with E-state index in [0.717, 1.165) is 4.31 Å². The molecule has 0 aromatic heterocycles. The largest absolute Gasteiger partial charge is 0.456 e. The molecule has 0 fully saturated rings. The Bertz CT molecular complexity index is 762. The number of rotatable bonds is 5. The third kappa shape index (κ3) is 4.27. The van der Waals surface area contributed by atoms with Crippen molar-refractivity contribution in [1.82, 2.24) is 4.31 Å². The molecule has 0 saturated heterocycles. The van der Waals surface area contributed by atoms with Crippen LogP contribution in [0.4, 0.5) is 5.69 Å². The predicted octanol–water partition coefficient (Wildman–Crippen LogP) is 4.00. The molecule has 5 nitrogen and oxygen atoms in total. The molecule has 0 radical (unpaired) electrons. The van der Waals surface area contributed by atoms with Crippen LogP contribution in [-0.4, -0.2) is 26.8 Å². The SMILES string of the molecule is CN(C)S(=O)(=O)Nc1ccc(Oc2ccc(Cl)cc2Cl)cc1. The highest BCUT2D eigenvalue weighted by atomic mass is 35.5. The summed E-state index contributed by atoms with van der Waals surface area (Å²) >= 11 is 11.8. The molecule has 0 amide bonds. The van der Waals surface area contributed by atoms with Gasteiger partial charge in [0.1, 0.15) is 11.5 Å². The van der Waals surface area contributed by atoms with E-state index in [4.69, 9.17) is 27.9 Å². The van der Waals surface area contributed by atoms with Gasteiger partial charge >= 0.3 is 10.2 Å². The molecule has 8 heteroatoms. The Morgan fingerprint density at radius 2 is 1.68 bits per heavy atom. The standard InChI is InChI=1S/C14H14Cl2N2O3S/c1-18(2)22(19,20)17-11-4-6-12(7-5-11)21-14-8-3-10(15)9-13(14)16/h3-9,17H,1-2H3. The van der Waals surface area contributed by atoms with Gasteiger partial charge in [-0.1, -0.05) is 23.2 Å². The van der Waals surface area contributed by atoms with Crippen LogP contribution < -0.4 is 9.46 Å². The zero-order valence-corrected chi connectivity index (χ0v) is 14.2. The number of ether oxygens (including phenoxy) is 1. The molecule has 0 heterocycles. The summed E-state index contributed by atoms with van der Waals surface area (Å²) in [5.74, 6) is 0.990. The first-order valence-corrected chi connectivity index (χ1v) is 8.41. The molecule has 0 bridgehead atoms. The van der Waals surface area contributed by atoms with Crippen molar-refractivity contribution >= 4 is 39.1 Å².